The fraction of sp³-hybridized carbons (Fsp3) is 0.324. The van der Waals surface area contributed by atoms with E-state index in [1.165, 1.54) is 0 Å². The molecule has 6 rings (SSSR count). The maximum atomic E-state index is 14.5. The summed E-state index contributed by atoms with van der Waals surface area (Å²) < 4.78 is 13.3. The molecule has 3 aromatic carbocycles. The van der Waals surface area contributed by atoms with Crippen LogP contribution in [-0.2, 0) is 4.74 Å². The summed E-state index contributed by atoms with van der Waals surface area (Å²) in [5.41, 5.74) is 5.77. The highest BCUT2D eigenvalue weighted by molar-refractivity contribution is 6.31. The standard InChI is InChI=1S/C34H34Cl2N4O4/c1-19(2)39-31-29(37-32(39)26-17-22(7-11-28(26)43-5)33(41)38-12-14-44-15-13-38)34(42)40(27-18-24(36)8-6-20(27)3)30(31)25-10-9-23(35)16-21(25)4/h6-11,16-19,30H,12-15H2,1-5H3. The van der Waals surface area contributed by atoms with Gasteiger partial charge in [0, 0.05) is 40.4 Å². The SMILES string of the molecule is COc1ccc(C(=O)N2CCOCC2)cc1-c1nc2c(n1C(C)C)C(c1ccc(Cl)cc1C)N(c1cc(Cl)ccc1C)C2=O. The Bertz CT molecular complexity index is 1780. The minimum Gasteiger partial charge on any atom is -0.496 e. The number of rotatable bonds is 6. The van der Waals surface area contributed by atoms with E-state index < -0.39 is 6.04 Å². The molecule has 1 saturated heterocycles. The number of ether oxygens (including phenoxy) is 2. The van der Waals surface area contributed by atoms with Gasteiger partial charge in [-0.3, -0.25) is 14.5 Å². The van der Waals surface area contributed by atoms with Gasteiger partial charge in [-0.2, -0.15) is 0 Å². The summed E-state index contributed by atoms with van der Waals surface area (Å²) >= 11 is 12.8. The summed E-state index contributed by atoms with van der Waals surface area (Å²) in [4.78, 5) is 36.5. The highest BCUT2D eigenvalue weighted by Gasteiger charge is 2.46. The lowest BCUT2D eigenvalue weighted by atomic mass is 9.97. The number of hydrogen-bond acceptors (Lipinski definition) is 5. The van der Waals surface area contributed by atoms with E-state index in [0.29, 0.717) is 70.4 Å². The van der Waals surface area contributed by atoms with E-state index in [0.717, 1.165) is 22.4 Å². The lowest BCUT2D eigenvalue weighted by molar-refractivity contribution is 0.0303. The number of carbonyl (C=O) groups is 2. The molecule has 2 aliphatic heterocycles. The van der Waals surface area contributed by atoms with Crippen LogP contribution in [0.15, 0.2) is 54.6 Å². The zero-order valence-electron chi connectivity index (χ0n) is 25.4. The van der Waals surface area contributed by atoms with Gasteiger partial charge in [0.1, 0.15) is 17.6 Å². The number of amides is 2. The number of morpholine rings is 1. The van der Waals surface area contributed by atoms with Gasteiger partial charge in [0.05, 0.1) is 31.6 Å². The number of halogens is 2. The van der Waals surface area contributed by atoms with E-state index in [4.69, 9.17) is 37.7 Å². The van der Waals surface area contributed by atoms with Gasteiger partial charge in [0.15, 0.2) is 5.69 Å². The van der Waals surface area contributed by atoms with Crippen molar-refractivity contribution in [1.82, 2.24) is 14.5 Å². The van der Waals surface area contributed by atoms with Crippen LogP contribution >= 0.6 is 23.2 Å². The van der Waals surface area contributed by atoms with Crippen LogP contribution in [0.2, 0.25) is 10.0 Å². The average molecular weight is 634 g/mol. The molecule has 0 bridgehead atoms. The minimum absolute atomic E-state index is 0.0826. The van der Waals surface area contributed by atoms with Crippen LogP contribution in [0.3, 0.4) is 0 Å². The molecule has 1 aromatic heterocycles. The van der Waals surface area contributed by atoms with Crippen molar-refractivity contribution in [3.63, 3.8) is 0 Å². The Kier molecular flexibility index (Phi) is 8.18. The second-order valence-electron chi connectivity index (χ2n) is 11.5. The first-order valence-electron chi connectivity index (χ1n) is 14.6. The molecule has 1 atom stereocenters. The van der Waals surface area contributed by atoms with Crippen molar-refractivity contribution in [3.8, 4) is 17.1 Å². The Labute approximate surface area is 267 Å². The van der Waals surface area contributed by atoms with Crippen LogP contribution in [-0.4, -0.2) is 59.7 Å². The third-order valence-electron chi connectivity index (χ3n) is 8.35. The molecule has 3 heterocycles. The van der Waals surface area contributed by atoms with Gasteiger partial charge >= 0.3 is 0 Å². The predicted molar refractivity (Wildman–Crippen MR) is 172 cm³/mol. The normalized spacial score (nSPS) is 16.5. The van der Waals surface area contributed by atoms with Gasteiger partial charge in [0.25, 0.3) is 11.8 Å². The van der Waals surface area contributed by atoms with Crippen LogP contribution < -0.4 is 9.64 Å². The van der Waals surface area contributed by atoms with Crippen LogP contribution in [0.1, 0.15) is 69.2 Å². The van der Waals surface area contributed by atoms with Crippen LogP contribution in [0.25, 0.3) is 11.4 Å². The number of fused-ring (bicyclic) bond motifs is 1. The molecule has 44 heavy (non-hydrogen) atoms. The topological polar surface area (TPSA) is 76.9 Å². The molecule has 8 nitrogen and oxygen atoms in total. The number of imidazole rings is 1. The number of hydrogen-bond donors (Lipinski definition) is 0. The lowest BCUT2D eigenvalue weighted by Gasteiger charge is -2.30. The Morgan fingerprint density at radius 3 is 2.36 bits per heavy atom. The highest BCUT2D eigenvalue weighted by Crippen LogP contribution is 2.47. The number of methoxy groups -OCH3 is 1. The van der Waals surface area contributed by atoms with Gasteiger partial charge in [-0.1, -0.05) is 35.3 Å². The monoisotopic (exact) mass is 632 g/mol. The Morgan fingerprint density at radius 2 is 1.68 bits per heavy atom. The fourth-order valence-electron chi connectivity index (χ4n) is 6.22. The molecule has 4 aromatic rings. The van der Waals surface area contributed by atoms with Crippen molar-refractivity contribution in [2.45, 2.75) is 39.8 Å². The second kappa shape index (κ2) is 11.9. The molecule has 1 unspecified atom stereocenters. The number of anilines is 1. The predicted octanol–water partition coefficient (Wildman–Crippen LogP) is 7.29. The number of benzene rings is 3. The van der Waals surface area contributed by atoms with Crippen molar-refractivity contribution >= 4 is 40.7 Å². The second-order valence-corrected chi connectivity index (χ2v) is 12.3. The van der Waals surface area contributed by atoms with Crippen molar-refractivity contribution in [2.24, 2.45) is 0 Å². The van der Waals surface area contributed by atoms with Gasteiger partial charge in [0.2, 0.25) is 0 Å². The molecule has 0 spiro atoms. The summed E-state index contributed by atoms with van der Waals surface area (Å²) in [6.45, 7) is 10.2. The first-order valence-corrected chi connectivity index (χ1v) is 15.4. The molecule has 0 saturated carbocycles. The van der Waals surface area contributed by atoms with Crippen LogP contribution in [0, 0.1) is 13.8 Å². The summed E-state index contributed by atoms with van der Waals surface area (Å²) in [6.07, 6.45) is 0. The van der Waals surface area contributed by atoms with Crippen molar-refractivity contribution in [2.75, 3.05) is 38.3 Å². The largest absolute Gasteiger partial charge is 0.496 e. The van der Waals surface area contributed by atoms with Gasteiger partial charge in [-0.25, -0.2) is 4.98 Å². The molecular formula is C34H34Cl2N4O4. The molecule has 2 aliphatic rings. The lowest BCUT2D eigenvalue weighted by Crippen LogP contribution is -2.40. The van der Waals surface area contributed by atoms with E-state index in [-0.39, 0.29) is 17.9 Å². The molecule has 0 radical (unpaired) electrons. The van der Waals surface area contributed by atoms with Crippen LogP contribution in [0.4, 0.5) is 5.69 Å². The molecule has 0 aliphatic carbocycles. The zero-order valence-corrected chi connectivity index (χ0v) is 26.9. The molecule has 0 N–H and O–H groups in total. The van der Waals surface area contributed by atoms with Gasteiger partial charge in [-0.05, 0) is 86.8 Å². The molecular weight excluding hydrogens is 599 g/mol. The molecule has 228 valence electrons. The number of aryl methyl sites for hydroxylation is 2. The zero-order chi connectivity index (χ0) is 31.3. The van der Waals surface area contributed by atoms with Crippen LogP contribution in [0.5, 0.6) is 5.75 Å². The maximum absolute atomic E-state index is 14.5. The Morgan fingerprint density at radius 1 is 0.977 bits per heavy atom. The summed E-state index contributed by atoms with van der Waals surface area (Å²) in [5, 5.41) is 1.15. The van der Waals surface area contributed by atoms with Gasteiger partial charge in [-0.15, -0.1) is 0 Å². The summed E-state index contributed by atoms with van der Waals surface area (Å²) in [7, 11) is 1.59. The van der Waals surface area contributed by atoms with Crippen molar-refractivity contribution in [3.05, 3.63) is 98.3 Å². The quantitative estimate of drug-likeness (QED) is 0.223. The number of nitrogens with zero attached hydrogens (tertiary/aromatic N) is 4. The number of carbonyl (C=O) groups excluding carboxylic acids is 2. The third-order valence-corrected chi connectivity index (χ3v) is 8.82. The smallest absolute Gasteiger partial charge is 0.279 e. The first kappa shape index (κ1) is 30.2. The maximum Gasteiger partial charge on any atom is 0.279 e. The van der Waals surface area contributed by atoms with E-state index in [9.17, 15) is 9.59 Å². The molecule has 10 heteroatoms. The summed E-state index contributed by atoms with van der Waals surface area (Å²) in [5.74, 6) is 0.805. The third kappa shape index (κ3) is 5.15. The first-order chi connectivity index (χ1) is 21.1. The van der Waals surface area contributed by atoms with E-state index in [1.54, 1.807) is 29.0 Å². The van der Waals surface area contributed by atoms with Crippen molar-refractivity contribution in [1.29, 1.82) is 0 Å². The fourth-order valence-corrected chi connectivity index (χ4v) is 6.61. The molecule has 2 amide bonds. The average Bonchev–Trinajstić information content (AvgIpc) is 3.53. The number of aromatic nitrogens is 2. The highest BCUT2D eigenvalue weighted by atomic mass is 35.5. The van der Waals surface area contributed by atoms with E-state index in [1.807, 2.05) is 56.3 Å². The molecule has 1 fully saturated rings. The Hall–Kier alpha value is -3.85. The van der Waals surface area contributed by atoms with E-state index in [2.05, 4.69) is 18.4 Å². The van der Waals surface area contributed by atoms with E-state index >= 15 is 0 Å². The van der Waals surface area contributed by atoms with Gasteiger partial charge < -0.3 is 18.9 Å². The van der Waals surface area contributed by atoms with Crippen molar-refractivity contribution < 1.29 is 19.1 Å². The summed E-state index contributed by atoms with van der Waals surface area (Å²) in [6, 6.07) is 16.1. The minimum atomic E-state index is -0.500. The Balaban J connectivity index is 1.57.